The Morgan fingerprint density at radius 3 is 2.76 bits per heavy atom. The molecule has 1 N–H and O–H groups in total. The lowest BCUT2D eigenvalue weighted by atomic mass is 9.85. The molecule has 0 aromatic heterocycles. The van der Waals surface area contributed by atoms with E-state index in [-0.39, 0.29) is 0 Å². The molecule has 0 bridgehead atoms. The summed E-state index contributed by atoms with van der Waals surface area (Å²) < 4.78 is 0. The third kappa shape index (κ3) is 1.43. The molecule has 1 unspecified atom stereocenters. The van der Waals surface area contributed by atoms with Gasteiger partial charge in [-0.15, -0.1) is 0 Å². The highest BCUT2D eigenvalue weighted by Crippen LogP contribution is 2.38. The number of hydrogen-bond donors (Lipinski definition) is 1. The topological polar surface area (TPSA) is 20.2 Å². The largest absolute Gasteiger partial charge is 0.384 e. The van der Waals surface area contributed by atoms with Crippen molar-refractivity contribution >= 4 is 16.8 Å². The Morgan fingerprint density at radius 1 is 1.18 bits per heavy atom. The Balaban J connectivity index is 2.46. The van der Waals surface area contributed by atoms with E-state index in [2.05, 4.69) is 31.2 Å². The van der Waals surface area contributed by atoms with Crippen LogP contribution in [0.25, 0.3) is 16.8 Å². The van der Waals surface area contributed by atoms with Crippen LogP contribution < -0.4 is 0 Å². The molecule has 0 amide bonds. The predicted octanol–water partition coefficient (Wildman–Crippen LogP) is 3.85. The fourth-order valence-electron chi connectivity index (χ4n) is 2.75. The van der Waals surface area contributed by atoms with E-state index >= 15 is 0 Å². The maximum atomic E-state index is 10.2. The minimum Gasteiger partial charge on any atom is -0.384 e. The maximum absolute atomic E-state index is 10.2. The highest BCUT2D eigenvalue weighted by molar-refractivity contribution is 5.98. The summed E-state index contributed by atoms with van der Waals surface area (Å²) in [5.41, 5.74) is 4.66. The Labute approximate surface area is 101 Å². The first kappa shape index (κ1) is 10.5. The molecular weight excluding hydrogens is 208 g/mol. The van der Waals surface area contributed by atoms with Crippen LogP contribution in [0.3, 0.4) is 0 Å². The second-order valence-corrected chi connectivity index (χ2v) is 4.73. The first-order chi connectivity index (χ1) is 8.22. The van der Waals surface area contributed by atoms with Crippen LogP contribution >= 0.6 is 0 Å². The van der Waals surface area contributed by atoms with Crippen molar-refractivity contribution in [1.29, 1.82) is 0 Å². The SMILES string of the molecule is CCc1ccc2c3c(cccc13)C(O)C(C)=C2. The summed E-state index contributed by atoms with van der Waals surface area (Å²) in [5.74, 6) is 0. The zero-order valence-electron chi connectivity index (χ0n) is 10.2. The van der Waals surface area contributed by atoms with Crippen LogP contribution in [0.4, 0.5) is 0 Å². The van der Waals surface area contributed by atoms with Gasteiger partial charge in [-0.25, -0.2) is 0 Å². The van der Waals surface area contributed by atoms with Crippen LogP contribution in [-0.4, -0.2) is 5.11 Å². The molecule has 3 rings (SSSR count). The average molecular weight is 224 g/mol. The number of aliphatic hydroxyl groups excluding tert-OH is 1. The van der Waals surface area contributed by atoms with Gasteiger partial charge in [0.15, 0.2) is 0 Å². The molecule has 2 aromatic rings. The normalized spacial score (nSPS) is 18.3. The molecule has 0 fully saturated rings. The van der Waals surface area contributed by atoms with Gasteiger partial charge in [0.25, 0.3) is 0 Å². The minimum absolute atomic E-state index is 0.446. The Morgan fingerprint density at radius 2 is 2.00 bits per heavy atom. The van der Waals surface area contributed by atoms with Gasteiger partial charge in [0, 0.05) is 0 Å². The van der Waals surface area contributed by atoms with Crippen LogP contribution in [0, 0.1) is 0 Å². The van der Waals surface area contributed by atoms with E-state index in [1.54, 1.807) is 0 Å². The fourth-order valence-corrected chi connectivity index (χ4v) is 2.75. The van der Waals surface area contributed by atoms with Gasteiger partial charge in [0.05, 0.1) is 0 Å². The van der Waals surface area contributed by atoms with Gasteiger partial charge in [0.1, 0.15) is 6.10 Å². The lowest BCUT2D eigenvalue weighted by molar-refractivity contribution is 0.218. The Kier molecular flexibility index (Phi) is 2.30. The molecule has 86 valence electrons. The number of benzene rings is 2. The summed E-state index contributed by atoms with van der Waals surface area (Å²) >= 11 is 0. The lowest BCUT2D eigenvalue weighted by Crippen LogP contribution is -2.05. The van der Waals surface area contributed by atoms with Crippen LogP contribution in [0.1, 0.15) is 36.6 Å². The van der Waals surface area contributed by atoms with Crippen LogP contribution in [0.15, 0.2) is 35.9 Å². The number of aliphatic hydroxyl groups is 1. The molecule has 17 heavy (non-hydrogen) atoms. The third-order valence-corrected chi connectivity index (χ3v) is 3.69. The van der Waals surface area contributed by atoms with Gasteiger partial charge < -0.3 is 5.11 Å². The highest BCUT2D eigenvalue weighted by atomic mass is 16.3. The van der Waals surface area contributed by atoms with Crippen molar-refractivity contribution < 1.29 is 5.11 Å². The third-order valence-electron chi connectivity index (χ3n) is 3.69. The van der Waals surface area contributed by atoms with E-state index in [0.717, 1.165) is 17.6 Å². The van der Waals surface area contributed by atoms with E-state index in [0.29, 0.717) is 0 Å². The van der Waals surface area contributed by atoms with Crippen molar-refractivity contribution in [2.75, 3.05) is 0 Å². The van der Waals surface area contributed by atoms with Gasteiger partial charge in [-0.2, -0.15) is 0 Å². The Bertz CT molecular complexity index is 623. The smallest absolute Gasteiger partial charge is 0.101 e. The average Bonchev–Trinajstić information content (AvgIpc) is 2.36. The molecule has 1 nitrogen and oxygen atoms in total. The fraction of sp³-hybridized carbons (Fsp3) is 0.250. The van der Waals surface area contributed by atoms with Gasteiger partial charge in [-0.3, -0.25) is 0 Å². The van der Waals surface area contributed by atoms with E-state index < -0.39 is 6.10 Å². The van der Waals surface area contributed by atoms with Crippen molar-refractivity contribution in [3.8, 4) is 0 Å². The number of rotatable bonds is 1. The van der Waals surface area contributed by atoms with Crippen LogP contribution in [0.5, 0.6) is 0 Å². The van der Waals surface area contributed by atoms with Gasteiger partial charge in [-0.05, 0) is 46.4 Å². The van der Waals surface area contributed by atoms with Crippen molar-refractivity contribution in [3.05, 3.63) is 52.6 Å². The highest BCUT2D eigenvalue weighted by Gasteiger charge is 2.20. The molecule has 0 aliphatic heterocycles. The van der Waals surface area contributed by atoms with Gasteiger partial charge in [-0.1, -0.05) is 43.3 Å². The molecule has 1 heteroatoms. The summed E-state index contributed by atoms with van der Waals surface area (Å²) in [6.45, 7) is 4.16. The molecule has 0 heterocycles. The number of aryl methyl sites for hydroxylation is 1. The van der Waals surface area contributed by atoms with Gasteiger partial charge >= 0.3 is 0 Å². The maximum Gasteiger partial charge on any atom is 0.101 e. The van der Waals surface area contributed by atoms with E-state index in [1.807, 2.05) is 19.1 Å². The summed E-state index contributed by atoms with van der Waals surface area (Å²) in [6, 6.07) is 10.6. The second-order valence-electron chi connectivity index (χ2n) is 4.73. The van der Waals surface area contributed by atoms with Crippen molar-refractivity contribution in [2.24, 2.45) is 0 Å². The molecule has 0 saturated carbocycles. The monoisotopic (exact) mass is 224 g/mol. The van der Waals surface area contributed by atoms with Crippen molar-refractivity contribution in [1.82, 2.24) is 0 Å². The van der Waals surface area contributed by atoms with E-state index in [4.69, 9.17) is 0 Å². The standard InChI is InChI=1S/C16H16O/c1-3-11-7-8-12-9-10(2)16(17)14-6-4-5-13(11)15(12)14/h4-9,16-17H,3H2,1-2H3. The summed E-state index contributed by atoms with van der Waals surface area (Å²) in [5, 5.41) is 12.7. The molecular formula is C16H16O. The van der Waals surface area contributed by atoms with Crippen molar-refractivity contribution in [3.63, 3.8) is 0 Å². The quantitative estimate of drug-likeness (QED) is 0.780. The zero-order valence-corrected chi connectivity index (χ0v) is 10.2. The first-order valence-electron chi connectivity index (χ1n) is 6.13. The molecule has 1 aliphatic rings. The molecule has 0 saturated heterocycles. The molecule has 1 atom stereocenters. The second kappa shape index (κ2) is 3.71. The number of hydrogen-bond acceptors (Lipinski definition) is 1. The van der Waals surface area contributed by atoms with Crippen LogP contribution in [0.2, 0.25) is 0 Å². The zero-order chi connectivity index (χ0) is 12.0. The molecule has 1 aliphatic carbocycles. The van der Waals surface area contributed by atoms with Crippen molar-refractivity contribution in [2.45, 2.75) is 26.4 Å². The summed E-state index contributed by atoms with van der Waals surface area (Å²) in [7, 11) is 0. The van der Waals surface area contributed by atoms with E-state index in [9.17, 15) is 5.11 Å². The lowest BCUT2D eigenvalue weighted by Gasteiger charge is -2.22. The molecule has 0 spiro atoms. The van der Waals surface area contributed by atoms with E-state index in [1.165, 1.54) is 21.9 Å². The first-order valence-corrected chi connectivity index (χ1v) is 6.13. The molecule has 2 aromatic carbocycles. The Hall–Kier alpha value is -1.60. The summed E-state index contributed by atoms with van der Waals surface area (Å²) in [6.07, 6.45) is 2.68. The van der Waals surface area contributed by atoms with Crippen LogP contribution in [-0.2, 0) is 6.42 Å². The van der Waals surface area contributed by atoms with Gasteiger partial charge in [0.2, 0.25) is 0 Å². The molecule has 0 radical (unpaired) electrons. The minimum atomic E-state index is -0.446. The predicted molar refractivity (Wildman–Crippen MR) is 71.9 cm³/mol. The summed E-state index contributed by atoms with van der Waals surface area (Å²) in [4.78, 5) is 0.